The highest BCUT2D eigenvalue weighted by Gasteiger charge is 2.10. The minimum absolute atomic E-state index is 0.209. The summed E-state index contributed by atoms with van der Waals surface area (Å²) in [5.74, 6) is 0.545. The summed E-state index contributed by atoms with van der Waals surface area (Å²) in [6.45, 7) is 3.97. The van der Waals surface area contributed by atoms with E-state index in [0.717, 1.165) is 22.8 Å². The lowest BCUT2D eigenvalue weighted by atomic mass is 10.3. The number of rotatable bonds is 4. The Morgan fingerprint density at radius 1 is 1.39 bits per heavy atom. The molecule has 3 aromatic heterocycles. The first-order chi connectivity index (χ1) is 11.2. The molecule has 0 saturated heterocycles. The molecule has 0 aliphatic heterocycles. The van der Waals surface area contributed by atoms with Crippen LogP contribution in [0.3, 0.4) is 0 Å². The number of carbonyl (C=O) groups excluding carboxylic acids is 1. The number of hydrazone groups is 1. The predicted molar refractivity (Wildman–Crippen MR) is 90.2 cm³/mol. The third-order valence-corrected chi connectivity index (χ3v) is 4.23. The fourth-order valence-electron chi connectivity index (χ4n) is 2.30. The number of nitrogens with one attached hydrogen (secondary N) is 1. The molecule has 0 aliphatic rings. The second kappa shape index (κ2) is 6.53. The van der Waals surface area contributed by atoms with E-state index < -0.39 is 0 Å². The van der Waals surface area contributed by atoms with Crippen molar-refractivity contribution in [2.24, 2.45) is 5.10 Å². The van der Waals surface area contributed by atoms with E-state index in [1.54, 1.807) is 30.9 Å². The molecule has 0 bridgehead atoms. The van der Waals surface area contributed by atoms with E-state index in [2.05, 4.69) is 20.5 Å². The van der Waals surface area contributed by atoms with Crippen molar-refractivity contribution in [3.05, 3.63) is 64.0 Å². The van der Waals surface area contributed by atoms with Crippen molar-refractivity contribution in [2.45, 2.75) is 13.8 Å². The third-order valence-electron chi connectivity index (χ3n) is 3.36. The van der Waals surface area contributed by atoms with E-state index in [1.165, 1.54) is 11.3 Å². The second-order valence-electron chi connectivity index (χ2n) is 4.90. The standard InChI is InChI=1S/C16H15N5OS/c1-11-8-13(9-19-20-16(22)14-4-3-7-23-14)12(2)21(11)15-10-17-5-6-18-15/h3-10H,1-2H3,(H,20,22)/b19-9+. The van der Waals surface area contributed by atoms with E-state index in [0.29, 0.717) is 4.88 Å². The van der Waals surface area contributed by atoms with Gasteiger partial charge in [0, 0.05) is 29.3 Å². The van der Waals surface area contributed by atoms with Gasteiger partial charge in [0.2, 0.25) is 0 Å². The number of thiophene rings is 1. The van der Waals surface area contributed by atoms with E-state index in [1.807, 2.05) is 35.9 Å². The average molecular weight is 325 g/mol. The molecule has 0 aromatic carbocycles. The molecule has 7 heteroatoms. The summed E-state index contributed by atoms with van der Waals surface area (Å²) in [6.07, 6.45) is 6.64. The lowest BCUT2D eigenvalue weighted by molar-refractivity contribution is 0.0959. The van der Waals surface area contributed by atoms with Crippen molar-refractivity contribution in [1.29, 1.82) is 0 Å². The molecule has 0 aliphatic carbocycles. The van der Waals surface area contributed by atoms with Crippen molar-refractivity contribution in [2.75, 3.05) is 0 Å². The van der Waals surface area contributed by atoms with Gasteiger partial charge in [-0.1, -0.05) is 6.07 Å². The van der Waals surface area contributed by atoms with Crippen LogP contribution in [0.4, 0.5) is 0 Å². The van der Waals surface area contributed by atoms with Gasteiger partial charge in [-0.2, -0.15) is 5.10 Å². The molecular weight excluding hydrogens is 310 g/mol. The van der Waals surface area contributed by atoms with Gasteiger partial charge in [-0.3, -0.25) is 9.78 Å². The van der Waals surface area contributed by atoms with Crippen molar-refractivity contribution in [3.8, 4) is 5.82 Å². The molecule has 116 valence electrons. The van der Waals surface area contributed by atoms with Crippen LogP contribution < -0.4 is 5.43 Å². The van der Waals surface area contributed by atoms with E-state index in [9.17, 15) is 4.79 Å². The molecule has 6 nitrogen and oxygen atoms in total. The van der Waals surface area contributed by atoms with Crippen LogP contribution in [0.5, 0.6) is 0 Å². The fraction of sp³-hybridized carbons (Fsp3) is 0.125. The third kappa shape index (κ3) is 3.19. The van der Waals surface area contributed by atoms with Crippen molar-refractivity contribution >= 4 is 23.5 Å². The van der Waals surface area contributed by atoms with Gasteiger partial charge in [-0.05, 0) is 31.4 Å². The Balaban J connectivity index is 1.79. The Morgan fingerprint density at radius 2 is 2.26 bits per heavy atom. The first kappa shape index (κ1) is 15.1. The molecular formula is C16H15N5OS. The smallest absolute Gasteiger partial charge is 0.281 e. The number of hydrogen-bond acceptors (Lipinski definition) is 5. The molecule has 0 fully saturated rings. The highest BCUT2D eigenvalue weighted by molar-refractivity contribution is 7.12. The van der Waals surface area contributed by atoms with Crippen LogP contribution in [-0.2, 0) is 0 Å². The number of aromatic nitrogens is 3. The molecule has 1 amide bonds. The zero-order valence-electron chi connectivity index (χ0n) is 12.7. The molecule has 0 spiro atoms. The first-order valence-electron chi connectivity index (χ1n) is 6.99. The maximum absolute atomic E-state index is 11.8. The summed E-state index contributed by atoms with van der Waals surface area (Å²) >= 11 is 1.38. The van der Waals surface area contributed by atoms with Crippen LogP contribution in [0.15, 0.2) is 47.3 Å². The minimum Gasteiger partial charge on any atom is -0.301 e. The predicted octanol–water partition coefficient (Wildman–Crippen LogP) is 2.71. The molecule has 3 heterocycles. The molecule has 1 N–H and O–H groups in total. The molecule has 0 unspecified atom stereocenters. The summed E-state index contributed by atoms with van der Waals surface area (Å²) in [4.78, 5) is 20.9. The van der Waals surface area contributed by atoms with Gasteiger partial charge >= 0.3 is 0 Å². The number of hydrogen-bond donors (Lipinski definition) is 1. The van der Waals surface area contributed by atoms with Crippen LogP contribution in [0, 0.1) is 13.8 Å². The van der Waals surface area contributed by atoms with Gasteiger partial charge in [-0.25, -0.2) is 10.4 Å². The summed E-state index contributed by atoms with van der Waals surface area (Å²) < 4.78 is 2.00. The number of amides is 1. The van der Waals surface area contributed by atoms with Crippen molar-refractivity contribution in [1.82, 2.24) is 20.0 Å². The molecule has 3 rings (SSSR count). The summed E-state index contributed by atoms with van der Waals surface area (Å²) in [5.41, 5.74) is 5.45. The maximum atomic E-state index is 11.8. The zero-order chi connectivity index (χ0) is 16.2. The summed E-state index contributed by atoms with van der Waals surface area (Å²) in [5, 5.41) is 5.89. The zero-order valence-corrected chi connectivity index (χ0v) is 13.5. The fourth-order valence-corrected chi connectivity index (χ4v) is 2.91. The Labute approximate surface area is 137 Å². The van der Waals surface area contributed by atoms with Crippen LogP contribution in [0.2, 0.25) is 0 Å². The topological polar surface area (TPSA) is 72.2 Å². The monoisotopic (exact) mass is 325 g/mol. The Morgan fingerprint density at radius 3 is 2.96 bits per heavy atom. The molecule has 23 heavy (non-hydrogen) atoms. The molecule has 0 atom stereocenters. The normalized spacial score (nSPS) is 11.0. The van der Waals surface area contributed by atoms with E-state index in [4.69, 9.17) is 0 Å². The van der Waals surface area contributed by atoms with E-state index >= 15 is 0 Å². The van der Waals surface area contributed by atoms with Crippen LogP contribution in [-0.4, -0.2) is 26.7 Å². The Bertz CT molecular complexity index is 837. The Hall–Kier alpha value is -2.80. The number of aryl methyl sites for hydroxylation is 1. The largest absolute Gasteiger partial charge is 0.301 e. The van der Waals surface area contributed by atoms with Gasteiger partial charge < -0.3 is 4.57 Å². The van der Waals surface area contributed by atoms with Crippen LogP contribution in [0.25, 0.3) is 5.82 Å². The maximum Gasteiger partial charge on any atom is 0.281 e. The van der Waals surface area contributed by atoms with Gasteiger partial charge in [-0.15, -0.1) is 11.3 Å². The summed E-state index contributed by atoms with van der Waals surface area (Å²) in [6, 6.07) is 5.58. The first-order valence-corrected chi connectivity index (χ1v) is 7.87. The van der Waals surface area contributed by atoms with Crippen LogP contribution in [0.1, 0.15) is 26.6 Å². The van der Waals surface area contributed by atoms with Gasteiger partial charge in [0.15, 0.2) is 5.82 Å². The van der Waals surface area contributed by atoms with E-state index in [-0.39, 0.29) is 5.91 Å². The number of nitrogens with zero attached hydrogens (tertiary/aromatic N) is 4. The van der Waals surface area contributed by atoms with Crippen molar-refractivity contribution in [3.63, 3.8) is 0 Å². The van der Waals surface area contributed by atoms with Crippen LogP contribution >= 0.6 is 11.3 Å². The minimum atomic E-state index is -0.209. The summed E-state index contributed by atoms with van der Waals surface area (Å²) in [7, 11) is 0. The average Bonchev–Trinajstić information content (AvgIpc) is 3.17. The van der Waals surface area contributed by atoms with Gasteiger partial charge in [0.25, 0.3) is 5.91 Å². The molecule has 0 radical (unpaired) electrons. The lowest BCUT2D eigenvalue weighted by Gasteiger charge is -2.07. The highest BCUT2D eigenvalue weighted by atomic mass is 32.1. The number of carbonyl (C=O) groups is 1. The molecule has 3 aromatic rings. The quantitative estimate of drug-likeness (QED) is 0.592. The second-order valence-corrected chi connectivity index (χ2v) is 5.85. The molecule has 0 saturated carbocycles. The Kier molecular flexibility index (Phi) is 4.29. The van der Waals surface area contributed by atoms with Gasteiger partial charge in [0.1, 0.15) is 0 Å². The van der Waals surface area contributed by atoms with Crippen molar-refractivity contribution < 1.29 is 4.79 Å². The van der Waals surface area contributed by atoms with Gasteiger partial charge in [0.05, 0.1) is 17.3 Å². The lowest BCUT2D eigenvalue weighted by Crippen LogP contribution is -2.16. The highest BCUT2D eigenvalue weighted by Crippen LogP contribution is 2.17. The SMILES string of the molecule is Cc1cc(/C=N/NC(=O)c2cccs2)c(C)n1-c1cnccn1.